The predicted octanol–water partition coefficient (Wildman–Crippen LogP) is 3.69. The summed E-state index contributed by atoms with van der Waals surface area (Å²) in [5.41, 5.74) is 0.488. The molecule has 1 aliphatic heterocycles. The van der Waals surface area contributed by atoms with Crippen LogP contribution in [0, 0.1) is 14.8 Å². The standard InChI is InChI=1S/C14H17FINO/c1-14(2)5-7-17(8-6-14)13(18)11-9-10(16)3-4-12(11)15/h3-4,9H,5-8H2,1-2H3. The van der Waals surface area contributed by atoms with Gasteiger partial charge >= 0.3 is 0 Å². The Morgan fingerprint density at radius 3 is 2.56 bits per heavy atom. The lowest BCUT2D eigenvalue weighted by Crippen LogP contribution is -2.41. The van der Waals surface area contributed by atoms with Crippen LogP contribution in [0.5, 0.6) is 0 Å². The van der Waals surface area contributed by atoms with E-state index in [1.54, 1.807) is 17.0 Å². The van der Waals surface area contributed by atoms with E-state index in [0.29, 0.717) is 5.41 Å². The SMILES string of the molecule is CC1(C)CCN(C(=O)c2cc(I)ccc2F)CC1. The van der Waals surface area contributed by atoms with Crippen molar-refractivity contribution in [2.45, 2.75) is 26.7 Å². The fourth-order valence-corrected chi connectivity index (χ4v) is 2.64. The molecule has 1 aliphatic rings. The predicted molar refractivity (Wildman–Crippen MR) is 78.0 cm³/mol. The van der Waals surface area contributed by atoms with Crippen molar-refractivity contribution in [1.82, 2.24) is 4.90 Å². The van der Waals surface area contributed by atoms with Crippen molar-refractivity contribution in [3.05, 3.63) is 33.1 Å². The highest BCUT2D eigenvalue weighted by molar-refractivity contribution is 14.1. The average molecular weight is 361 g/mol. The number of rotatable bonds is 1. The third kappa shape index (κ3) is 3.02. The molecule has 1 saturated heterocycles. The second-order valence-electron chi connectivity index (χ2n) is 5.58. The van der Waals surface area contributed by atoms with Crippen molar-refractivity contribution >= 4 is 28.5 Å². The van der Waals surface area contributed by atoms with Gasteiger partial charge in [0.1, 0.15) is 5.82 Å². The molecule has 1 aromatic carbocycles. The molecular weight excluding hydrogens is 344 g/mol. The highest BCUT2D eigenvalue weighted by Gasteiger charge is 2.29. The molecule has 18 heavy (non-hydrogen) atoms. The number of hydrogen-bond donors (Lipinski definition) is 0. The molecule has 2 nitrogen and oxygen atoms in total. The van der Waals surface area contributed by atoms with Crippen LogP contribution in [-0.4, -0.2) is 23.9 Å². The van der Waals surface area contributed by atoms with Gasteiger partial charge in [-0.25, -0.2) is 4.39 Å². The molecule has 0 spiro atoms. The fraction of sp³-hybridized carbons (Fsp3) is 0.500. The van der Waals surface area contributed by atoms with E-state index < -0.39 is 5.82 Å². The fourth-order valence-electron chi connectivity index (χ4n) is 2.15. The first-order chi connectivity index (χ1) is 8.39. The Kier molecular flexibility index (Phi) is 3.94. The molecule has 0 radical (unpaired) electrons. The third-order valence-corrected chi connectivity index (χ3v) is 4.23. The van der Waals surface area contributed by atoms with Gasteiger partial charge < -0.3 is 4.90 Å². The van der Waals surface area contributed by atoms with Gasteiger partial charge in [-0.1, -0.05) is 13.8 Å². The van der Waals surface area contributed by atoms with Crippen molar-refractivity contribution < 1.29 is 9.18 Å². The molecule has 1 fully saturated rings. The van der Waals surface area contributed by atoms with E-state index in [1.807, 2.05) is 0 Å². The number of halogens is 2. The Morgan fingerprint density at radius 1 is 1.33 bits per heavy atom. The Hall–Kier alpha value is -0.650. The summed E-state index contributed by atoms with van der Waals surface area (Å²) in [5, 5.41) is 0. The molecule has 98 valence electrons. The molecule has 0 N–H and O–H groups in total. The van der Waals surface area contributed by atoms with E-state index >= 15 is 0 Å². The van der Waals surface area contributed by atoms with Crippen LogP contribution < -0.4 is 0 Å². The second-order valence-corrected chi connectivity index (χ2v) is 6.83. The van der Waals surface area contributed by atoms with Crippen LogP contribution >= 0.6 is 22.6 Å². The van der Waals surface area contributed by atoms with E-state index in [0.717, 1.165) is 29.5 Å². The quantitative estimate of drug-likeness (QED) is 0.699. The van der Waals surface area contributed by atoms with Crippen LogP contribution in [0.4, 0.5) is 4.39 Å². The maximum Gasteiger partial charge on any atom is 0.256 e. The van der Waals surface area contributed by atoms with Crippen LogP contribution in [0.15, 0.2) is 18.2 Å². The smallest absolute Gasteiger partial charge is 0.256 e. The van der Waals surface area contributed by atoms with Crippen LogP contribution in [0.2, 0.25) is 0 Å². The molecule has 0 bridgehead atoms. The summed E-state index contributed by atoms with van der Waals surface area (Å²) in [4.78, 5) is 14.0. The largest absolute Gasteiger partial charge is 0.339 e. The van der Waals surface area contributed by atoms with Crippen LogP contribution in [-0.2, 0) is 0 Å². The van der Waals surface area contributed by atoms with Crippen molar-refractivity contribution in [2.24, 2.45) is 5.41 Å². The number of amides is 1. The lowest BCUT2D eigenvalue weighted by molar-refractivity contribution is 0.0625. The number of carbonyl (C=O) groups is 1. The molecule has 1 amide bonds. The molecule has 1 aromatic rings. The lowest BCUT2D eigenvalue weighted by atomic mass is 9.82. The van der Waals surface area contributed by atoms with Gasteiger partial charge in [-0.2, -0.15) is 0 Å². The van der Waals surface area contributed by atoms with Crippen molar-refractivity contribution in [2.75, 3.05) is 13.1 Å². The van der Waals surface area contributed by atoms with E-state index in [9.17, 15) is 9.18 Å². The van der Waals surface area contributed by atoms with Crippen LogP contribution in [0.1, 0.15) is 37.0 Å². The van der Waals surface area contributed by atoms with E-state index in [-0.39, 0.29) is 11.5 Å². The van der Waals surface area contributed by atoms with Gasteiger partial charge in [0.25, 0.3) is 5.91 Å². The van der Waals surface area contributed by atoms with E-state index in [4.69, 9.17) is 0 Å². The summed E-state index contributed by atoms with van der Waals surface area (Å²) in [6.07, 6.45) is 1.95. The molecule has 1 heterocycles. The number of carbonyl (C=O) groups excluding carboxylic acids is 1. The maximum atomic E-state index is 13.7. The molecule has 0 saturated carbocycles. The zero-order valence-corrected chi connectivity index (χ0v) is 12.8. The maximum absolute atomic E-state index is 13.7. The first-order valence-electron chi connectivity index (χ1n) is 6.13. The van der Waals surface area contributed by atoms with Crippen LogP contribution in [0.3, 0.4) is 0 Å². The lowest BCUT2D eigenvalue weighted by Gasteiger charge is -2.37. The summed E-state index contributed by atoms with van der Waals surface area (Å²) < 4.78 is 14.6. The number of likely N-dealkylation sites (tertiary alicyclic amines) is 1. The van der Waals surface area contributed by atoms with Gasteiger partial charge in [-0.3, -0.25) is 4.79 Å². The Morgan fingerprint density at radius 2 is 1.94 bits per heavy atom. The first kappa shape index (κ1) is 13.8. The van der Waals surface area contributed by atoms with Gasteiger partial charge in [0, 0.05) is 16.7 Å². The number of piperidine rings is 1. The minimum absolute atomic E-state index is 0.179. The van der Waals surface area contributed by atoms with Crippen molar-refractivity contribution in [1.29, 1.82) is 0 Å². The Balaban J connectivity index is 2.15. The number of benzene rings is 1. The Bertz CT molecular complexity index is 463. The zero-order valence-electron chi connectivity index (χ0n) is 10.7. The van der Waals surface area contributed by atoms with Crippen molar-refractivity contribution in [3.8, 4) is 0 Å². The first-order valence-corrected chi connectivity index (χ1v) is 7.21. The van der Waals surface area contributed by atoms with Gasteiger partial charge in [0.15, 0.2) is 0 Å². The second kappa shape index (κ2) is 5.15. The van der Waals surface area contributed by atoms with Gasteiger partial charge in [-0.15, -0.1) is 0 Å². The normalized spacial score (nSPS) is 18.8. The average Bonchev–Trinajstić information content (AvgIpc) is 2.31. The zero-order chi connectivity index (χ0) is 13.3. The van der Waals surface area contributed by atoms with Gasteiger partial charge in [0.2, 0.25) is 0 Å². The summed E-state index contributed by atoms with van der Waals surface area (Å²) in [6, 6.07) is 4.66. The highest BCUT2D eigenvalue weighted by Crippen LogP contribution is 2.30. The van der Waals surface area contributed by atoms with E-state index in [1.165, 1.54) is 6.07 Å². The van der Waals surface area contributed by atoms with Gasteiger partial charge in [-0.05, 0) is 59.0 Å². The molecule has 0 aromatic heterocycles. The summed E-state index contributed by atoms with van der Waals surface area (Å²) in [7, 11) is 0. The highest BCUT2D eigenvalue weighted by atomic mass is 127. The summed E-state index contributed by atoms with van der Waals surface area (Å²) >= 11 is 2.09. The molecule has 0 aliphatic carbocycles. The third-order valence-electron chi connectivity index (χ3n) is 3.56. The molecule has 0 atom stereocenters. The Labute approximate surface area is 121 Å². The minimum Gasteiger partial charge on any atom is -0.339 e. The molecule has 2 rings (SSSR count). The molecular formula is C14H17FINO. The van der Waals surface area contributed by atoms with Gasteiger partial charge in [0.05, 0.1) is 5.56 Å². The van der Waals surface area contributed by atoms with Crippen LogP contribution in [0.25, 0.3) is 0 Å². The number of nitrogens with zero attached hydrogens (tertiary/aromatic N) is 1. The molecule has 0 unspecified atom stereocenters. The summed E-state index contributed by atoms with van der Waals surface area (Å²) in [5.74, 6) is -0.605. The minimum atomic E-state index is -0.426. The number of hydrogen-bond acceptors (Lipinski definition) is 1. The topological polar surface area (TPSA) is 20.3 Å². The van der Waals surface area contributed by atoms with E-state index in [2.05, 4.69) is 36.4 Å². The monoisotopic (exact) mass is 361 g/mol. The van der Waals surface area contributed by atoms with Crippen molar-refractivity contribution in [3.63, 3.8) is 0 Å². The molecule has 4 heteroatoms. The summed E-state index contributed by atoms with van der Waals surface area (Å²) in [6.45, 7) is 5.86.